The lowest BCUT2D eigenvalue weighted by atomic mass is 9.96. The van der Waals surface area contributed by atoms with E-state index in [2.05, 4.69) is 22.2 Å². The van der Waals surface area contributed by atoms with Gasteiger partial charge in [0.2, 0.25) is 0 Å². The maximum absolute atomic E-state index is 13.4. The van der Waals surface area contributed by atoms with E-state index < -0.39 is 0 Å². The van der Waals surface area contributed by atoms with Crippen molar-refractivity contribution in [1.82, 2.24) is 19.7 Å². The smallest absolute Gasteiger partial charge is 0.258 e. The molecule has 2 aromatic carbocycles. The predicted molar refractivity (Wildman–Crippen MR) is 127 cm³/mol. The lowest BCUT2D eigenvalue weighted by Crippen LogP contribution is -2.32. The highest BCUT2D eigenvalue weighted by atomic mass is 35.5. The van der Waals surface area contributed by atoms with Crippen LogP contribution in [0.1, 0.15) is 32.7 Å². The van der Waals surface area contributed by atoms with E-state index in [1.165, 1.54) is 0 Å². The molecule has 1 aliphatic heterocycles. The third-order valence-electron chi connectivity index (χ3n) is 5.88. The lowest BCUT2D eigenvalue weighted by Gasteiger charge is -2.20. The minimum atomic E-state index is -0.0923. The summed E-state index contributed by atoms with van der Waals surface area (Å²) in [6.45, 7) is 3.27. The van der Waals surface area contributed by atoms with Crippen LogP contribution in [-0.2, 0) is 13.0 Å². The number of halogens is 1. The van der Waals surface area contributed by atoms with Crippen LogP contribution in [0.4, 0.5) is 0 Å². The SMILES string of the molecule is Cc1c(Cc2ccc(-n3cccn3)cc2)cc2c(c1Cl)OCCN(Cc1ccccn1)C2=O. The fourth-order valence-electron chi connectivity index (χ4n) is 4.04. The van der Waals surface area contributed by atoms with E-state index in [-0.39, 0.29) is 5.91 Å². The van der Waals surface area contributed by atoms with Crippen molar-refractivity contribution in [3.8, 4) is 11.4 Å². The number of nitrogens with zero attached hydrogens (tertiary/aromatic N) is 4. The van der Waals surface area contributed by atoms with Crippen molar-refractivity contribution in [2.75, 3.05) is 13.2 Å². The number of carbonyl (C=O) groups is 1. The number of rotatable bonds is 5. The number of aromatic nitrogens is 3. The zero-order chi connectivity index (χ0) is 22.8. The Kier molecular flexibility index (Phi) is 5.84. The largest absolute Gasteiger partial charge is 0.489 e. The molecule has 3 heterocycles. The molecule has 0 atom stereocenters. The van der Waals surface area contributed by atoms with Crippen molar-refractivity contribution < 1.29 is 9.53 Å². The highest BCUT2D eigenvalue weighted by Crippen LogP contribution is 2.37. The molecule has 7 heteroatoms. The van der Waals surface area contributed by atoms with E-state index in [1.54, 1.807) is 17.3 Å². The second-order valence-corrected chi connectivity index (χ2v) is 8.42. The van der Waals surface area contributed by atoms with Gasteiger partial charge in [-0.1, -0.05) is 29.8 Å². The van der Waals surface area contributed by atoms with Crippen molar-refractivity contribution in [1.29, 1.82) is 0 Å². The van der Waals surface area contributed by atoms with E-state index in [0.29, 0.717) is 42.5 Å². The molecule has 0 radical (unpaired) electrons. The first kappa shape index (κ1) is 21.2. The molecule has 2 aromatic heterocycles. The third kappa shape index (κ3) is 4.34. The summed E-state index contributed by atoms with van der Waals surface area (Å²) < 4.78 is 7.76. The van der Waals surface area contributed by atoms with Crippen molar-refractivity contribution in [3.63, 3.8) is 0 Å². The summed E-state index contributed by atoms with van der Waals surface area (Å²) in [7, 11) is 0. The van der Waals surface area contributed by atoms with Gasteiger partial charge in [-0.2, -0.15) is 5.10 Å². The van der Waals surface area contributed by atoms with E-state index in [0.717, 1.165) is 28.1 Å². The van der Waals surface area contributed by atoms with Crippen LogP contribution in [0, 0.1) is 6.92 Å². The number of fused-ring (bicyclic) bond motifs is 1. The monoisotopic (exact) mass is 458 g/mol. The van der Waals surface area contributed by atoms with Crippen LogP contribution in [-0.4, -0.2) is 38.7 Å². The van der Waals surface area contributed by atoms with E-state index in [9.17, 15) is 4.79 Å². The molecule has 166 valence electrons. The van der Waals surface area contributed by atoms with Crippen LogP contribution >= 0.6 is 11.6 Å². The van der Waals surface area contributed by atoms with Gasteiger partial charge in [0.1, 0.15) is 6.61 Å². The van der Waals surface area contributed by atoms with Gasteiger partial charge in [0.15, 0.2) is 5.75 Å². The van der Waals surface area contributed by atoms with Crippen LogP contribution in [0.15, 0.2) is 73.2 Å². The first-order valence-electron chi connectivity index (χ1n) is 10.8. The van der Waals surface area contributed by atoms with Crippen LogP contribution in [0.2, 0.25) is 5.02 Å². The highest BCUT2D eigenvalue weighted by Gasteiger charge is 2.28. The summed E-state index contributed by atoms with van der Waals surface area (Å²) in [6.07, 6.45) is 6.06. The van der Waals surface area contributed by atoms with Crippen molar-refractivity contribution in [3.05, 3.63) is 106 Å². The zero-order valence-electron chi connectivity index (χ0n) is 18.2. The Morgan fingerprint density at radius 1 is 1.09 bits per heavy atom. The summed E-state index contributed by atoms with van der Waals surface area (Å²) >= 11 is 6.70. The quantitative estimate of drug-likeness (QED) is 0.428. The Hall–Kier alpha value is -3.64. The molecule has 0 spiro atoms. The Bertz CT molecular complexity index is 1270. The second kappa shape index (κ2) is 9.08. The second-order valence-electron chi connectivity index (χ2n) is 8.04. The molecule has 33 heavy (non-hydrogen) atoms. The average molecular weight is 459 g/mol. The van der Waals surface area contributed by atoms with Crippen LogP contribution in [0.25, 0.3) is 5.69 Å². The summed E-state index contributed by atoms with van der Waals surface area (Å²) in [6, 6.07) is 17.7. The fraction of sp³-hybridized carbons (Fsp3) is 0.192. The minimum absolute atomic E-state index is 0.0923. The third-order valence-corrected chi connectivity index (χ3v) is 6.33. The van der Waals surface area contributed by atoms with E-state index in [4.69, 9.17) is 16.3 Å². The molecule has 0 saturated heterocycles. The summed E-state index contributed by atoms with van der Waals surface area (Å²) in [5.74, 6) is 0.380. The first-order chi connectivity index (χ1) is 16.1. The normalized spacial score (nSPS) is 13.4. The molecular weight excluding hydrogens is 436 g/mol. The van der Waals surface area contributed by atoms with Gasteiger partial charge >= 0.3 is 0 Å². The highest BCUT2D eigenvalue weighted by molar-refractivity contribution is 6.33. The molecule has 0 fully saturated rings. The molecule has 5 rings (SSSR count). The van der Waals surface area contributed by atoms with Gasteiger partial charge in [0.25, 0.3) is 5.91 Å². The molecule has 6 nitrogen and oxygen atoms in total. The molecule has 0 bridgehead atoms. The number of carbonyl (C=O) groups excluding carboxylic acids is 1. The topological polar surface area (TPSA) is 60.2 Å². The van der Waals surface area contributed by atoms with E-state index >= 15 is 0 Å². The number of hydrogen-bond acceptors (Lipinski definition) is 4. The fourth-order valence-corrected chi connectivity index (χ4v) is 4.31. The maximum atomic E-state index is 13.4. The number of benzene rings is 2. The van der Waals surface area contributed by atoms with Crippen LogP contribution in [0.5, 0.6) is 5.75 Å². The van der Waals surface area contributed by atoms with Gasteiger partial charge in [-0.25, -0.2) is 4.68 Å². The molecule has 4 aromatic rings. The number of hydrogen-bond donors (Lipinski definition) is 0. The van der Waals surface area contributed by atoms with Crippen LogP contribution in [0.3, 0.4) is 0 Å². The number of ether oxygens (including phenoxy) is 1. The molecule has 1 aliphatic rings. The van der Waals surface area contributed by atoms with Gasteiger partial charge in [0, 0.05) is 18.6 Å². The summed E-state index contributed by atoms with van der Waals surface area (Å²) in [4.78, 5) is 19.6. The summed E-state index contributed by atoms with van der Waals surface area (Å²) in [5.41, 5.74) is 5.39. The van der Waals surface area contributed by atoms with Gasteiger partial charge in [-0.05, 0) is 66.4 Å². The Labute approximate surface area is 197 Å². The Morgan fingerprint density at radius 2 is 1.94 bits per heavy atom. The molecular formula is C26H23ClN4O2. The molecule has 1 amide bonds. The van der Waals surface area contributed by atoms with Gasteiger partial charge < -0.3 is 9.64 Å². The van der Waals surface area contributed by atoms with Crippen molar-refractivity contribution >= 4 is 17.5 Å². The Morgan fingerprint density at radius 3 is 2.67 bits per heavy atom. The van der Waals surface area contributed by atoms with E-state index in [1.807, 2.05) is 60.3 Å². The standard InChI is InChI=1S/C26H23ClN4O2/c1-18-20(15-19-6-8-22(9-7-19)31-12-4-11-29-31)16-23-25(24(18)27)33-14-13-30(26(23)32)17-21-5-2-3-10-28-21/h2-12,16H,13-15,17H2,1H3. The molecule has 0 unspecified atom stereocenters. The van der Waals surface area contributed by atoms with Crippen LogP contribution < -0.4 is 4.74 Å². The summed E-state index contributed by atoms with van der Waals surface area (Å²) in [5, 5.41) is 4.77. The lowest BCUT2D eigenvalue weighted by molar-refractivity contribution is 0.0741. The number of amides is 1. The molecule has 0 saturated carbocycles. The number of pyridine rings is 1. The van der Waals surface area contributed by atoms with Gasteiger partial charge in [-0.3, -0.25) is 9.78 Å². The first-order valence-corrected chi connectivity index (χ1v) is 11.2. The molecule has 0 aliphatic carbocycles. The Balaban J connectivity index is 1.44. The predicted octanol–water partition coefficient (Wildman–Crippen LogP) is 4.85. The zero-order valence-corrected chi connectivity index (χ0v) is 19.0. The van der Waals surface area contributed by atoms with Gasteiger partial charge in [0.05, 0.1) is 35.1 Å². The minimum Gasteiger partial charge on any atom is -0.489 e. The van der Waals surface area contributed by atoms with Crippen molar-refractivity contribution in [2.45, 2.75) is 19.9 Å². The van der Waals surface area contributed by atoms with Crippen molar-refractivity contribution in [2.24, 2.45) is 0 Å². The maximum Gasteiger partial charge on any atom is 0.258 e. The average Bonchev–Trinajstić information content (AvgIpc) is 3.33. The molecule has 0 N–H and O–H groups in total. The van der Waals surface area contributed by atoms with Gasteiger partial charge in [-0.15, -0.1) is 0 Å².